The van der Waals surface area contributed by atoms with Crippen LogP contribution in [-0.4, -0.2) is 78.2 Å². The Morgan fingerprint density at radius 1 is 1.09 bits per heavy atom. The number of hydrogen-bond donors (Lipinski definition) is 2. The standard InChI is InChI=1S/C26H30N2O6/c1-17-16-20(33-2)8-9-21(17)24(30)22-23(18-4-6-19(29)7-5-18)28(26(32)25(22)31)11-3-10-27-12-14-34-15-13-27/h4-9,16,23,29-30H,3,10-15H2,1-2H3/t23-/m0/s1. The van der Waals surface area contributed by atoms with Crippen molar-refractivity contribution in [3.63, 3.8) is 0 Å². The zero-order valence-electron chi connectivity index (χ0n) is 19.5. The van der Waals surface area contributed by atoms with Gasteiger partial charge in [0.25, 0.3) is 11.7 Å². The number of nitrogens with zero attached hydrogens (tertiary/aromatic N) is 2. The van der Waals surface area contributed by atoms with Crippen molar-refractivity contribution in [2.45, 2.75) is 19.4 Å². The summed E-state index contributed by atoms with van der Waals surface area (Å²) in [6, 6.07) is 10.8. The molecule has 2 aliphatic heterocycles. The second-order valence-corrected chi connectivity index (χ2v) is 8.57. The van der Waals surface area contributed by atoms with Crippen LogP contribution in [0.25, 0.3) is 5.76 Å². The van der Waals surface area contributed by atoms with E-state index in [1.165, 1.54) is 17.0 Å². The molecule has 2 N–H and O–H groups in total. The SMILES string of the molecule is COc1ccc(C(O)=C2C(=O)C(=O)N(CCCN3CCOCC3)[C@H]2c2ccc(O)cc2)c(C)c1. The van der Waals surface area contributed by atoms with E-state index in [1.807, 2.05) is 6.92 Å². The first kappa shape index (κ1) is 23.8. The fourth-order valence-corrected chi connectivity index (χ4v) is 4.58. The number of ether oxygens (including phenoxy) is 2. The summed E-state index contributed by atoms with van der Waals surface area (Å²) < 4.78 is 10.6. The molecule has 0 spiro atoms. The van der Waals surface area contributed by atoms with Gasteiger partial charge < -0.3 is 24.6 Å². The van der Waals surface area contributed by atoms with E-state index in [4.69, 9.17) is 9.47 Å². The highest BCUT2D eigenvalue weighted by molar-refractivity contribution is 6.46. The van der Waals surface area contributed by atoms with Crippen molar-refractivity contribution in [1.82, 2.24) is 9.80 Å². The van der Waals surface area contributed by atoms with Crippen molar-refractivity contribution in [2.24, 2.45) is 0 Å². The van der Waals surface area contributed by atoms with Gasteiger partial charge in [0.2, 0.25) is 0 Å². The molecule has 180 valence electrons. The molecule has 0 saturated carbocycles. The van der Waals surface area contributed by atoms with Crippen molar-refractivity contribution < 1.29 is 29.3 Å². The molecule has 0 radical (unpaired) electrons. The Morgan fingerprint density at radius 2 is 1.79 bits per heavy atom. The van der Waals surface area contributed by atoms with E-state index in [0.29, 0.717) is 43.1 Å². The number of aliphatic hydroxyl groups excluding tert-OH is 1. The van der Waals surface area contributed by atoms with Crippen molar-refractivity contribution in [3.05, 3.63) is 64.7 Å². The molecule has 8 nitrogen and oxygen atoms in total. The molecule has 0 unspecified atom stereocenters. The van der Waals surface area contributed by atoms with E-state index < -0.39 is 17.7 Å². The van der Waals surface area contributed by atoms with Crippen LogP contribution in [0.3, 0.4) is 0 Å². The zero-order chi connectivity index (χ0) is 24.2. The Morgan fingerprint density at radius 3 is 2.44 bits per heavy atom. The van der Waals surface area contributed by atoms with Crippen LogP contribution in [0.15, 0.2) is 48.0 Å². The monoisotopic (exact) mass is 466 g/mol. The second-order valence-electron chi connectivity index (χ2n) is 8.57. The van der Waals surface area contributed by atoms with E-state index in [2.05, 4.69) is 4.90 Å². The lowest BCUT2D eigenvalue weighted by atomic mass is 9.93. The molecule has 0 aliphatic carbocycles. The average Bonchev–Trinajstić information content (AvgIpc) is 3.09. The quantitative estimate of drug-likeness (QED) is 0.368. The van der Waals surface area contributed by atoms with E-state index in [-0.39, 0.29) is 17.1 Å². The third-order valence-corrected chi connectivity index (χ3v) is 6.41. The van der Waals surface area contributed by atoms with Gasteiger partial charge in [-0.1, -0.05) is 12.1 Å². The van der Waals surface area contributed by atoms with Gasteiger partial charge in [-0.15, -0.1) is 0 Å². The number of aromatic hydroxyl groups is 1. The summed E-state index contributed by atoms with van der Waals surface area (Å²) in [5.41, 5.74) is 1.89. The van der Waals surface area contributed by atoms with E-state index in [1.54, 1.807) is 37.4 Å². The summed E-state index contributed by atoms with van der Waals surface area (Å²) in [5.74, 6) is -0.844. The predicted octanol–water partition coefficient (Wildman–Crippen LogP) is 2.85. The van der Waals surface area contributed by atoms with E-state index in [0.717, 1.165) is 25.2 Å². The Kier molecular flexibility index (Phi) is 7.19. The fourth-order valence-electron chi connectivity index (χ4n) is 4.58. The molecule has 1 amide bonds. The number of carbonyl (C=O) groups excluding carboxylic acids is 2. The van der Waals surface area contributed by atoms with Crippen molar-refractivity contribution in [1.29, 1.82) is 0 Å². The molecular formula is C26H30N2O6. The minimum Gasteiger partial charge on any atom is -0.508 e. The average molecular weight is 467 g/mol. The van der Waals surface area contributed by atoms with Gasteiger partial charge in [-0.25, -0.2) is 0 Å². The lowest BCUT2D eigenvalue weighted by Gasteiger charge is -2.29. The Hall–Kier alpha value is -3.36. The number of ketones is 1. The molecule has 2 fully saturated rings. The molecule has 2 heterocycles. The van der Waals surface area contributed by atoms with Gasteiger partial charge in [0.1, 0.15) is 17.3 Å². The summed E-state index contributed by atoms with van der Waals surface area (Å²) >= 11 is 0. The van der Waals surface area contributed by atoms with Crippen LogP contribution in [0.4, 0.5) is 0 Å². The number of rotatable bonds is 7. The molecule has 0 bridgehead atoms. The van der Waals surface area contributed by atoms with Crippen LogP contribution >= 0.6 is 0 Å². The lowest BCUT2D eigenvalue weighted by Crippen LogP contribution is -2.38. The highest BCUT2D eigenvalue weighted by Gasteiger charge is 2.46. The van der Waals surface area contributed by atoms with Crippen molar-refractivity contribution in [3.8, 4) is 11.5 Å². The molecule has 8 heteroatoms. The van der Waals surface area contributed by atoms with E-state index >= 15 is 0 Å². The smallest absolute Gasteiger partial charge is 0.295 e. The first-order valence-corrected chi connectivity index (χ1v) is 11.4. The molecule has 1 atom stereocenters. The molecule has 0 aromatic heterocycles. The number of carbonyl (C=O) groups is 2. The van der Waals surface area contributed by atoms with Crippen LogP contribution in [0.1, 0.15) is 29.2 Å². The maximum absolute atomic E-state index is 13.2. The summed E-state index contributed by atoms with van der Waals surface area (Å²) in [5, 5.41) is 21.0. The highest BCUT2D eigenvalue weighted by atomic mass is 16.5. The zero-order valence-corrected chi connectivity index (χ0v) is 19.5. The summed E-state index contributed by atoms with van der Waals surface area (Å²) in [4.78, 5) is 30.1. The molecule has 34 heavy (non-hydrogen) atoms. The molecule has 2 saturated heterocycles. The van der Waals surface area contributed by atoms with E-state index in [9.17, 15) is 19.8 Å². The second kappa shape index (κ2) is 10.3. The predicted molar refractivity (Wildman–Crippen MR) is 127 cm³/mol. The first-order chi connectivity index (χ1) is 16.4. The topological polar surface area (TPSA) is 99.5 Å². The minimum atomic E-state index is -0.744. The summed E-state index contributed by atoms with van der Waals surface area (Å²) in [6.07, 6.45) is 0.684. The van der Waals surface area contributed by atoms with Gasteiger partial charge in [-0.05, 0) is 54.8 Å². The molecule has 2 aromatic rings. The largest absolute Gasteiger partial charge is 0.508 e. The Balaban J connectivity index is 1.69. The van der Waals surface area contributed by atoms with Gasteiger partial charge >= 0.3 is 0 Å². The highest BCUT2D eigenvalue weighted by Crippen LogP contribution is 2.40. The molecule has 2 aliphatic rings. The van der Waals surface area contributed by atoms with Crippen LogP contribution in [-0.2, 0) is 14.3 Å². The maximum Gasteiger partial charge on any atom is 0.295 e. The lowest BCUT2D eigenvalue weighted by molar-refractivity contribution is -0.140. The number of phenols is 1. The third-order valence-electron chi connectivity index (χ3n) is 6.41. The van der Waals surface area contributed by atoms with Gasteiger partial charge in [0.15, 0.2) is 0 Å². The van der Waals surface area contributed by atoms with Crippen LogP contribution in [0.2, 0.25) is 0 Å². The number of phenolic OH excluding ortho intramolecular Hbond substituents is 1. The number of aryl methyl sites for hydroxylation is 1. The number of methoxy groups -OCH3 is 1. The molecular weight excluding hydrogens is 436 g/mol. The van der Waals surface area contributed by atoms with Gasteiger partial charge in [-0.3, -0.25) is 14.5 Å². The van der Waals surface area contributed by atoms with Gasteiger partial charge in [-0.2, -0.15) is 0 Å². The maximum atomic E-state index is 13.2. The Labute approximate surface area is 199 Å². The number of hydrogen-bond acceptors (Lipinski definition) is 7. The number of benzene rings is 2. The third kappa shape index (κ3) is 4.78. The van der Waals surface area contributed by atoms with Crippen molar-refractivity contribution >= 4 is 17.4 Å². The number of amides is 1. The number of Topliss-reactive ketones (excluding diaryl/α,β-unsaturated/α-hetero) is 1. The minimum absolute atomic E-state index is 0.0512. The van der Waals surface area contributed by atoms with Gasteiger partial charge in [0, 0.05) is 31.7 Å². The summed E-state index contributed by atoms with van der Waals surface area (Å²) in [7, 11) is 1.56. The Bertz CT molecular complexity index is 1090. The van der Waals surface area contributed by atoms with Gasteiger partial charge in [0.05, 0.1) is 31.9 Å². The number of morpholine rings is 1. The van der Waals surface area contributed by atoms with Crippen LogP contribution in [0, 0.1) is 6.92 Å². The molecule has 4 rings (SSSR count). The van der Waals surface area contributed by atoms with Crippen LogP contribution in [0.5, 0.6) is 11.5 Å². The first-order valence-electron chi connectivity index (χ1n) is 11.4. The molecule has 2 aromatic carbocycles. The van der Waals surface area contributed by atoms with Crippen LogP contribution < -0.4 is 4.74 Å². The van der Waals surface area contributed by atoms with Crippen molar-refractivity contribution in [2.75, 3.05) is 46.5 Å². The number of likely N-dealkylation sites (tertiary alicyclic amines) is 1. The normalized spacial score (nSPS) is 20.6. The summed E-state index contributed by atoms with van der Waals surface area (Å²) in [6.45, 7) is 6.04. The number of aliphatic hydroxyl groups is 1. The fraction of sp³-hybridized carbons (Fsp3) is 0.385.